The maximum atomic E-state index is 12.8. The molecule has 0 unspecified atom stereocenters. The van der Waals surface area contributed by atoms with Gasteiger partial charge in [0.1, 0.15) is 5.75 Å². The monoisotopic (exact) mass is 491 g/mol. The lowest BCUT2D eigenvalue weighted by Crippen LogP contribution is -2.34. The Balaban J connectivity index is 2.08. The van der Waals surface area contributed by atoms with Gasteiger partial charge < -0.3 is 15.4 Å². The number of aryl methyl sites for hydroxylation is 1. The van der Waals surface area contributed by atoms with Crippen molar-refractivity contribution in [2.45, 2.75) is 40.0 Å². The van der Waals surface area contributed by atoms with Crippen LogP contribution in [-0.4, -0.2) is 23.5 Å². The third kappa shape index (κ3) is 7.11. The van der Waals surface area contributed by atoms with E-state index in [1.807, 2.05) is 25.1 Å². The van der Waals surface area contributed by atoms with Crippen molar-refractivity contribution in [3.05, 3.63) is 52.0 Å². The smallest absolute Gasteiger partial charge is 0.261 e. The molecule has 0 spiro atoms. The zero-order valence-corrected chi connectivity index (χ0v) is 19.7. The number of hydrogen-bond acceptors (Lipinski definition) is 4. The van der Waals surface area contributed by atoms with Gasteiger partial charge in [-0.05, 0) is 61.5 Å². The second-order valence-corrected chi connectivity index (χ2v) is 8.01. The Bertz CT molecular complexity index is 934. The molecule has 6 nitrogen and oxygen atoms in total. The van der Waals surface area contributed by atoms with Gasteiger partial charge in [-0.2, -0.15) is 0 Å². The molecule has 2 amide bonds. The van der Waals surface area contributed by atoms with Gasteiger partial charge in [0.2, 0.25) is 5.91 Å². The average Bonchev–Trinajstić information content (AvgIpc) is 2.71. The van der Waals surface area contributed by atoms with Crippen LogP contribution in [0.1, 0.15) is 49.0 Å². The minimum absolute atomic E-state index is 0.0728. The minimum Gasteiger partial charge on any atom is -0.493 e. The highest BCUT2D eigenvalue weighted by molar-refractivity contribution is 9.10. The quantitative estimate of drug-likeness (QED) is 0.339. The standard InChI is InChI=1S/C22H26BrN3O3S/c1-4-6-11-29-19-10-8-15(23)12-17(19)21(28)26-22(30)24-16-9-7-14(3)18(13-16)25-20(27)5-2/h7-10,12-13H,4-6,11H2,1-3H3,(H,25,27)(H2,24,26,28,30). The van der Waals surface area contributed by atoms with Crippen LogP contribution in [0.2, 0.25) is 0 Å². The van der Waals surface area contributed by atoms with Gasteiger partial charge in [0.25, 0.3) is 5.91 Å². The second-order valence-electron chi connectivity index (χ2n) is 6.68. The summed E-state index contributed by atoms with van der Waals surface area (Å²) in [5.74, 6) is 0.0650. The van der Waals surface area contributed by atoms with Crippen LogP contribution < -0.4 is 20.7 Å². The molecule has 2 rings (SSSR count). The molecule has 0 aliphatic rings. The number of ether oxygens (including phenoxy) is 1. The van der Waals surface area contributed by atoms with Gasteiger partial charge in [-0.3, -0.25) is 14.9 Å². The lowest BCUT2D eigenvalue weighted by Gasteiger charge is -2.15. The minimum atomic E-state index is -0.369. The Kier molecular flexibility index (Phi) is 9.26. The molecule has 0 aliphatic heterocycles. The Morgan fingerprint density at radius 2 is 1.87 bits per heavy atom. The van der Waals surface area contributed by atoms with Crippen molar-refractivity contribution < 1.29 is 14.3 Å². The number of carbonyl (C=O) groups excluding carboxylic acids is 2. The third-order valence-electron chi connectivity index (χ3n) is 4.26. The molecule has 0 bridgehead atoms. The van der Waals surface area contributed by atoms with Crippen molar-refractivity contribution in [3.63, 3.8) is 0 Å². The Labute approximate surface area is 190 Å². The first-order chi connectivity index (χ1) is 14.3. The van der Waals surface area contributed by atoms with Crippen LogP contribution >= 0.6 is 28.1 Å². The fourth-order valence-electron chi connectivity index (χ4n) is 2.54. The summed E-state index contributed by atoms with van der Waals surface area (Å²) >= 11 is 8.69. The largest absolute Gasteiger partial charge is 0.493 e. The summed E-state index contributed by atoms with van der Waals surface area (Å²) in [6, 6.07) is 10.8. The van der Waals surface area contributed by atoms with E-state index in [0.717, 1.165) is 22.9 Å². The number of halogens is 1. The molecule has 0 fully saturated rings. The first-order valence-corrected chi connectivity index (χ1v) is 11.0. The Morgan fingerprint density at radius 3 is 2.57 bits per heavy atom. The summed E-state index contributed by atoms with van der Waals surface area (Å²) in [5.41, 5.74) is 2.68. The SMILES string of the molecule is CCCCOc1ccc(Br)cc1C(=O)NC(=S)Nc1ccc(C)c(NC(=O)CC)c1. The molecule has 0 heterocycles. The van der Waals surface area contributed by atoms with Crippen LogP contribution in [0.5, 0.6) is 5.75 Å². The summed E-state index contributed by atoms with van der Waals surface area (Å²) in [4.78, 5) is 24.5. The maximum Gasteiger partial charge on any atom is 0.261 e. The maximum absolute atomic E-state index is 12.8. The second kappa shape index (κ2) is 11.7. The molecule has 8 heteroatoms. The van der Waals surface area contributed by atoms with E-state index >= 15 is 0 Å². The number of nitrogens with one attached hydrogen (secondary N) is 3. The predicted octanol–water partition coefficient (Wildman–Crippen LogP) is 5.41. The number of unbranched alkanes of at least 4 members (excludes halogenated alkanes) is 1. The summed E-state index contributed by atoms with van der Waals surface area (Å²) in [6.45, 7) is 6.31. The molecule has 160 valence electrons. The average molecular weight is 492 g/mol. The molecule has 0 aliphatic carbocycles. The number of amides is 2. The molecular formula is C22H26BrN3O3S. The molecular weight excluding hydrogens is 466 g/mol. The topological polar surface area (TPSA) is 79.5 Å². The highest BCUT2D eigenvalue weighted by Crippen LogP contribution is 2.24. The fraction of sp³-hybridized carbons (Fsp3) is 0.318. The zero-order valence-electron chi connectivity index (χ0n) is 17.3. The number of rotatable bonds is 8. The molecule has 2 aromatic rings. The first-order valence-electron chi connectivity index (χ1n) is 9.79. The van der Waals surface area contributed by atoms with Crippen molar-refractivity contribution in [1.82, 2.24) is 5.32 Å². The summed E-state index contributed by atoms with van der Waals surface area (Å²) in [6.07, 6.45) is 2.30. The van der Waals surface area contributed by atoms with Crippen LogP contribution in [0.3, 0.4) is 0 Å². The van der Waals surface area contributed by atoms with Crippen molar-refractivity contribution in [2.75, 3.05) is 17.2 Å². The van der Waals surface area contributed by atoms with E-state index < -0.39 is 0 Å². The van der Waals surface area contributed by atoms with E-state index in [2.05, 4.69) is 38.8 Å². The highest BCUT2D eigenvalue weighted by atomic mass is 79.9. The van der Waals surface area contributed by atoms with E-state index in [0.29, 0.717) is 35.7 Å². The van der Waals surface area contributed by atoms with Gasteiger partial charge in [-0.25, -0.2) is 0 Å². The lowest BCUT2D eigenvalue weighted by molar-refractivity contribution is -0.115. The first kappa shape index (κ1) is 23.8. The molecule has 0 atom stereocenters. The molecule has 0 aromatic heterocycles. The van der Waals surface area contributed by atoms with Gasteiger partial charge in [-0.15, -0.1) is 0 Å². The van der Waals surface area contributed by atoms with Crippen LogP contribution in [0.4, 0.5) is 11.4 Å². The van der Waals surface area contributed by atoms with Crippen molar-refractivity contribution >= 4 is 56.4 Å². The summed E-state index contributed by atoms with van der Waals surface area (Å²) in [7, 11) is 0. The normalized spacial score (nSPS) is 10.3. The molecule has 3 N–H and O–H groups in total. The van der Waals surface area contributed by atoms with E-state index in [4.69, 9.17) is 17.0 Å². The van der Waals surface area contributed by atoms with E-state index in [-0.39, 0.29) is 16.9 Å². The van der Waals surface area contributed by atoms with Gasteiger partial charge in [-0.1, -0.05) is 42.3 Å². The van der Waals surface area contributed by atoms with Gasteiger partial charge in [0.05, 0.1) is 12.2 Å². The number of carbonyl (C=O) groups is 2. The lowest BCUT2D eigenvalue weighted by atomic mass is 10.1. The van der Waals surface area contributed by atoms with Gasteiger partial charge in [0.15, 0.2) is 5.11 Å². The number of hydrogen-bond donors (Lipinski definition) is 3. The van der Waals surface area contributed by atoms with E-state index in [1.54, 1.807) is 25.1 Å². The molecule has 30 heavy (non-hydrogen) atoms. The Morgan fingerprint density at radius 1 is 1.10 bits per heavy atom. The Hall–Kier alpha value is -2.45. The molecule has 0 radical (unpaired) electrons. The zero-order chi connectivity index (χ0) is 22.1. The van der Waals surface area contributed by atoms with E-state index in [1.165, 1.54) is 0 Å². The van der Waals surface area contributed by atoms with Crippen molar-refractivity contribution in [3.8, 4) is 5.75 Å². The molecule has 0 saturated carbocycles. The fourth-order valence-corrected chi connectivity index (χ4v) is 3.11. The van der Waals surface area contributed by atoms with Crippen molar-refractivity contribution in [2.24, 2.45) is 0 Å². The predicted molar refractivity (Wildman–Crippen MR) is 128 cm³/mol. The van der Waals surface area contributed by atoms with Crippen LogP contribution in [0.25, 0.3) is 0 Å². The van der Waals surface area contributed by atoms with Gasteiger partial charge in [0, 0.05) is 22.3 Å². The number of thiocarbonyl (C=S) groups is 1. The van der Waals surface area contributed by atoms with E-state index in [9.17, 15) is 9.59 Å². The molecule has 2 aromatic carbocycles. The number of anilines is 2. The summed E-state index contributed by atoms with van der Waals surface area (Å²) in [5, 5.41) is 8.66. The number of benzene rings is 2. The van der Waals surface area contributed by atoms with Crippen LogP contribution in [0, 0.1) is 6.92 Å². The third-order valence-corrected chi connectivity index (χ3v) is 4.96. The summed E-state index contributed by atoms with van der Waals surface area (Å²) < 4.78 is 6.51. The van der Waals surface area contributed by atoms with Crippen LogP contribution in [-0.2, 0) is 4.79 Å². The highest BCUT2D eigenvalue weighted by Gasteiger charge is 2.15. The molecule has 0 saturated heterocycles. The van der Waals surface area contributed by atoms with Crippen LogP contribution in [0.15, 0.2) is 40.9 Å². The van der Waals surface area contributed by atoms with Crippen molar-refractivity contribution in [1.29, 1.82) is 0 Å². The van der Waals surface area contributed by atoms with Gasteiger partial charge >= 0.3 is 0 Å².